The Kier molecular flexibility index (Phi) is 6.52. The molecule has 2 amide bonds. The monoisotopic (exact) mass is 449 g/mol. The van der Waals surface area contributed by atoms with E-state index in [-0.39, 0.29) is 17.9 Å². The zero-order valence-corrected chi connectivity index (χ0v) is 18.7. The number of hydrogen-bond donors (Lipinski definition) is 2. The number of nitrogens with one attached hydrogen (secondary N) is 1. The minimum absolute atomic E-state index is 0.0545. The van der Waals surface area contributed by atoms with Gasteiger partial charge in [-0.2, -0.15) is 0 Å². The second kappa shape index (κ2) is 9.51. The third kappa shape index (κ3) is 4.50. The van der Waals surface area contributed by atoms with Gasteiger partial charge in [-0.1, -0.05) is 6.92 Å². The van der Waals surface area contributed by atoms with E-state index in [1.54, 1.807) is 42.7 Å². The van der Waals surface area contributed by atoms with Crippen molar-refractivity contribution >= 4 is 34.4 Å². The van der Waals surface area contributed by atoms with Crippen molar-refractivity contribution in [3.05, 3.63) is 59.4 Å². The van der Waals surface area contributed by atoms with E-state index in [0.717, 1.165) is 25.1 Å². The van der Waals surface area contributed by atoms with Crippen molar-refractivity contribution in [2.75, 3.05) is 31.6 Å². The van der Waals surface area contributed by atoms with Gasteiger partial charge in [0.2, 0.25) is 11.8 Å². The molecule has 4 rings (SSSR count). The van der Waals surface area contributed by atoms with Gasteiger partial charge < -0.3 is 15.8 Å². The maximum Gasteiger partial charge on any atom is 0.262 e. The second-order valence-corrected chi connectivity index (χ2v) is 8.00. The van der Waals surface area contributed by atoms with Gasteiger partial charge in [0.1, 0.15) is 5.82 Å². The predicted octanol–water partition coefficient (Wildman–Crippen LogP) is 2.57. The Hall–Kier alpha value is -3.56. The first kappa shape index (κ1) is 22.6. The summed E-state index contributed by atoms with van der Waals surface area (Å²) < 4.78 is 6.99. The number of carbonyl (C=O) groups excluding carboxylic acids is 3. The first-order valence-corrected chi connectivity index (χ1v) is 10.9. The molecule has 1 unspecified atom stereocenters. The van der Waals surface area contributed by atoms with E-state index in [1.807, 2.05) is 0 Å². The summed E-state index contributed by atoms with van der Waals surface area (Å²) in [5.41, 5.74) is 7.90. The summed E-state index contributed by atoms with van der Waals surface area (Å²) in [6.45, 7) is 6.20. The van der Waals surface area contributed by atoms with Crippen LogP contribution >= 0.6 is 0 Å². The number of nitrogens with zero attached hydrogens (tertiary/aromatic N) is 3. The van der Waals surface area contributed by atoms with Crippen LogP contribution in [-0.2, 0) is 9.53 Å². The number of amides is 2. The van der Waals surface area contributed by atoms with Crippen LogP contribution in [0.25, 0.3) is 10.9 Å². The molecule has 2 aromatic heterocycles. The van der Waals surface area contributed by atoms with Crippen molar-refractivity contribution in [3.63, 3.8) is 0 Å². The van der Waals surface area contributed by atoms with E-state index >= 15 is 0 Å². The second-order valence-electron chi connectivity index (χ2n) is 8.00. The van der Waals surface area contributed by atoms with Crippen molar-refractivity contribution in [2.24, 2.45) is 5.73 Å². The fourth-order valence-electron chi connectivity index (χ4n) is 4.41. The molecule has 3 N–H and O–H groups in total. The first-order valence-electron chi connectivity index (χ1n) is 10.9. The number of benzene rings is 1. The molecule has 0 saturated carbocycles. The van der Waals surface area contributed by atoms with E-state index in [2.05, 4.69) is 22.1 Å². The molecule has 0 bridgehead atoms. The molecule has 3 aromatic rings. The highest BCUT2D eigenvalue weighted by atomic mass is 16.5. The molecule has 9 nitrogen and oxygen atoms in total. The molecule has 172 valence electrons. The summed E-state index contributed by atoms with van der Waals surface area (Å²) in [5.74, 6) is -0.614. The van der Waals surface area contributed by atoms with Crippen LogP contribution < -0.4 is 11.1 Å². The first-order chi connectivity index (χ1) is 15.9. The zero-order valence-electron chi connectivity index (χ0n) is 18.7. The largest absolute Gasteiger partial charge is 0.379 e. The summed E-state index contributed by atoms with van der Waals surface area (Å²) >= 11 is 0. The van der Waals surface area contributed by atoms with Crippen LogP contribution in [0.5, 0.6) is 0 Å². The lowest BCUT2D eigenvalue weighted by Gasteiger charge is -2.35. The van der Waals surface area contributed by atoms with Gasteiger partial charge in [-0.05, 0) is 42.3 Å². The highest BCUT2D eigenvalue weighted by molar-refractivity contribution is 6.06. The number of ether oxygens (including phenoxy) is 1. The van der Waals surface area contributed by atoms with Gasteiger partial charge in [0.25, 0.3) is 5.91 Å². The van der Waals surface area contributed by atoms with Crippen LogP contribution in [0.1, 0.15) is 52.6 Å². The number of primary amides is 1. The molecular weight excluding hydrogens is 422 g/mol. The van der Waals surface area contributed by atoms with Crippen LogP contribution in [0.2, 0.25) is 0 Å². The Morgan fingerprint density at radius 1 is 1.18 bits per heavy atom. The average molecular weight is 450 g/mol. The summed E-state index contributed by atoms with van der Waals surface area (Å²) in [7, 11) is 0. The van der Waals surface area contributed by atoms with E-state index in [1.165, 1.54) is 11.5 Å². The van der Waals surface area contributed by atoms with Gasteiger partial charge in [0, 0.05) is 55.0 Å². The van der Waals surface area contributed by atoms with Crippen LogP contribution in [0.3, 0.4) is 0 Å². The summed E-state index contributed by atoms with van der Waals surface area (Å²) in [5, 5.41) is 3.35. The topological polar surface area (TPSA) is 120 Å². The Labute approximate surface area is 191 Å². The quantitative estimate of drug-likeness (QED) is 0.597. The SMILES string of the molecule is CCC(c1cc(C(=O)n2ccc3c(NC(C)=O)nccc32)ccc1C(N)=O)N1CCOCC1. The van der Waals surface area contributed by atoms with Crippen molar-refractivity contribution in [2.45, 2.75) is 26.3 Å². The number of hydrogen-bond acceptors (Lipinski definition) is 6. The number of pyridine rings is 1. The number of morpholine rings is 1. The van der Waals surface area contributed by atoms with Gasteiger partial charge in [-0.15, -0.1) is 0 Å². The average Bonchev–Trinajstić information content (AvgIpc) is 3.24. The fraction of sp³-hybridized carbons (Fsp3) is 0.333. The molecule has 0 aliphatic carbocycles. The minimum Gasteiger partial charge on any atom is -0.379 e. The maximum absolute atomic E-state index is 13.5. The van der Waals surface area contributed by atoms with Crippen LogP contribution in [0.4, 0.5) is 5.82 Å². The predicted molar refractivity (Wildman–Crippen MR) is 124 cm³/mol. The van der Waals surface area contributed by atoms with Gasteiger partial charge in [-0.3, -0.25) is 23.9 Å². The molecule has 0 spiro atoms. The van der Waals surface area contributed by atoms with Crippen LogP contribution in [0, 0.1) is 0 Å². The number of carbonyl (C=O) groups is 3. The molecule has 9 heteroatoms. The Morgan fingerprint density at radius 2 is 1.94 bits per heavy atom. The standard InChI is InChI=1S/C24H27N5O4/c1-3-20(28-10-12-33-13-11-28)19-14-16(4-5-17(19)22(25)31)24(32)29-9-7-18-21(29)6-8-26-23(18)27-15(2)30/h4-9,14,20H,3,10-13H2,1-2H3,(H2,25,31)(H,26,27,30). The van der Waals surface area contributed by atoms with Crippen molar-refractivity contribution in [1.29, 1.82) is 0 Å². The highest BCUT2D eigenvalue weighted by Gasteiger charge is 2.26. The normalized spacial score (nSPS) is 15.3. The maximum atomic E-state index is 13.5. The summed E-state index contributed by atoms with van der Waals surface area (Å²) in [6.07, 6.45) is 3.96. The van der Waals surface area contributed by atoms with E-state index in [4.69, 9.17) is 10.5 Å². The van der Waals surface area contributed by atoms with Crippen LogP contribution in [-0.4, -0.2) is 58.5 Å². The number of nitrogens with two attached hydrogens (primary N) is 1. The minimum atomic E-state index is -0.520. The van der Waals surface area contributed by atoms with E-state index in [0.29, 0.717) is 41.1 Å². The molecule has 0 radical (unpaired) electrons. The van der Waals surface area contributed by atoms with Gasteiger partial charge in [-0.25, -0.2) is 4.98 Å². The molecule has 1 aromatic carbocycles. The molecule has 3 heterocycles. The van der Waals surface area contributed by atoms with Gasteiger partial charge >= 0.3 is 0 Å². The van der Waals surface area contributed by atoms with Gasteiger partial charge in [0.15, 0.2) is 0 Å². The number of aromatic nitrogens is 2. The van der Waals surface area contributed by atoms with E-state index in [9.17, 15) is 14.4 Å². The number of anilines is 1. The molecular formula is C24H27N5O4. The molecule has 1 atom stereocenters. The molecule has 1 aliphatic rings. The van der Waals surface area contributed by atoms with Crippen molar-refractivity contribution in [3.8, 4) is 0 Å². The number of fused-ring (bicyclic) bond motifs is 1. The Bertz CT molecular complexity index is 1210. The highest BCUT2D eigenvalue weighted by Crippen LogP contribution is 2.30. The van der Waals surface area contributed by atoms with Gasteiger partial charge in [0.05, 0.1) is 18.7 Å². The Balaban J connectivity index is 1.75. The van der Waals surface area contributed by atoms with Crippen LogP contribution in [0.15, 0.2) is 42.7 Å². The molecule has 1 aliphatic heterocycles. The van der Waals surface area contributed by atoms with Crippen molar-refractivity contribution < 1.29 is 19.1 Å². The number of rotatable bonds is 6. The third-order valence-electron chi connectivity index (χ3n) is 5.93. The molecule has 33 heavy (non-hydrogen) atoms. The fourth-order valence-corrected chi connectivity index (χ4v) is 4.41. The van der Waals surface area contributed by atoms with E-state index < -0.39 is 5.91 Å². The lowest BCUT2D eigenvalue weighted by molar-refractivity contribution is -0.114. The Morgan fingerprint density at radius 3 is 2.61 bits per heavy atom. The lowest BCUT2D eigenvalue weighted by atomic mass is 9.94. The summed E-state index contributed by atoms with van der Waals surface area (Å²) in [6, 6.07) is 8.44. The summed E-state index contributed by atoms with van der Waals surface area (Å²) in [4.78, 5) is 43.6. The van der Waals surface area contributed by atoms with Crippen molar-refractivity contribution in [1.82, 2.24) is 14.5 Å². The molecule has 1 saturated heterocycles. The molecule has 1 fully saturated rings. The third-order valence-corrected chi connectivity index (χ3v) is 5.93. The zero-order chi connectivity index (χ0) is 23.5. The smallest absolute Gasteiger partial charge is 0.262 e. The lowest BCUT2D eigenvalue weighted by Crippen LogP contribution is -2.39.